The normalized spacial score (nSPS) is 22.1. The summed E-state index contributed by atoms with van der Waals surface area (Å²) in [7, 11) is 0. The zero-order chi connectivity index (χ0) is 15.2. The summed E-state index contributed by atoms with van der Waals surface area (Å²) in [6.45, 7) is 9.14. The molecule has 1 aromatic rings. The van der Waals surface area contributed by atoms with Gasteiger partial charge in [-0.25, -0.2) is 0 Å². The summed E-state index contributed by atoms with van der Waals surface area (Å²) < 4.78 is 0. The van der Waals surface area contributed by atoms with Gasteiger partial charge in [-0.15, -0.1) is 0 Å². The number of nitrogens with one attached hydrogen (secondary N) is 1. The van der Waals surface area contributed by atoms with Crippen molar-refractivity contribution in [1.29, 1.82) is 0 Å². The largest absolute Gasteiger partial charge is 0.354 e. The van der Waals surface area contributed by atoms with Crippen LogP contribution in [0.3, 0.4) is 0 Å². The Morgan fingerprint density at radius 1 is 1.10 bits per heavy atom. The van der Waals surface area contributed by atoms with Crippen LogP contribution in [0.2, 0.25) is 5.28 Å². The number of hydrogen-bond donors (Lipinski definition) is 1. The highest BCUT2D eigenvalue weighted by atomic mass is 35.5. The standard InChI is InChI=1S/C15H26ClN5/c1-4-21(5-2)15-19-13(16)18-14(20-15)17-10-12-8-6-11(3)7-9-12/h11-12H,4-10H2,1-3H3,(H,17,18,19,20). The van der Waals surface area contributed by atoms with E-state index in [1.165, 1.54) is 25.7 Å². The molecule has 6 heteroatoms. The number of hydrogen-bond acceptors (Lipinski definition) is 5. The van der Waals surface area contributed by atoms with Gasteiger partial charge in [0, 0.05) is 19.6 Å². The van der Waals surface area contributed by atoms with Crippen LogP contribution in [0.1, 0.15) is 46.5 Å². The first-order valence-corrected chi connectivity index (χ1v) is 8.40. The Kier molecular flexibility index (Phi) is 6.03. The fourth-order valence-corrected chi connectivity index (χ4v) is 2.99. The molecule has 0 atom stereocenters. The van der Waals surface area contributed by atoms with Crippen LogP contribution in [0, 0.1) is 11.8 Å². The molecule has 1 fully saturated rings. The highest BCUT2D eigenvalue weighted by molar-refractivity contribution is 6.28. The minimum Gasteiger partial charge on any atom is -0.354 e. The van der Waals surface area contributed by atoms with E-state index in [0.717, 1.165) is 25.6 Å². The van der Waals surface area contributed by atoms with Gasteiger partial charge in [-0.05, 0) is 50.1 Å². The summed E-state index contributed by atoms with van der Waals surface area (Å²) in [6, 6.07) is 0. The molecule has 0 unspecified atom stereocenters. The highest BCUT2D eigenvalue weighted by Crippen LogP contribution is 2.28. The number of rotatable bonds is 6. The molecule has 1 N–H and O–H groups in total. The van der Waals surface area contributed by atoms with Gasteiger partial charge in [0.05, 0.1) is 0 Å². The van der Waals surface area contributed by atoms with Gasteiger partial charge in [-0.3, -0.25) is 0 Å². The second kappa shape index (κ2) is 7.78. The molecule has 0 aromatic carbocycles. The van der Waals surface area contributed by atoms with E-state index in [1.807, 2.05) is 0 Å². The van der Waals surface area contributed by atoms with Crippen LogP contribution in [0.4, 0.5) is 11.9 Å². The van der Waals surface area contributed by atoms with E-state index in [9.17, 15) is 0 Å². The predicted octanol–water partition coefficient (Wildman–Crippen LogP) is 3.61. The van der Waals surface area contributed by atoms with Gasteiger partial charge < -0.3 is 10.2 Å². The second-order valence-electron chi connectivity index (χ2n) is 5.91. The van der Waals surface area contributed by atoms with Gasteiger partial charge in [0.15, 0.2) is 0 Å². The monoisotopic (exact) mass is 311 g/mol. The molecule has 5 nitrogen and oxygen atoms in total. The van der Waals surface area contributed by atoms with Crippen molar-refractivity contribution in [2.45, 2.75) is 46.5 Å². The number of nitrogens with zero attached hydrogens (tertiary/aromatic N) is 4. The highest BCUT2D eigenvalue weighted by Gasteiger charge is 2.18. The average molecular weight is 312 g/mol. The van der Waals surface area contributed by atoms with Crippen molar-refractivity contribution in [2.75, 3.05) is 29.9 Å². The SMILES string of the molecule is CCN(CC)c1nc(Cl)nc(NCC2CCC(C)CC2)n1. The first kappa shape index (κ1) is 16.3. The Labute approximate surface area is 132 Å². The molecular formula is C15H26ClN5. The second-order valence-corrected chi connectivity index (χ2v) is 6.25. The number of anilines is 2. The Hall–Kier alpha value is -1.10. The van der Waals surface area contributed by atoms with Crippen molar-refractivity contribution in [1.82, 2.24) is 15.0 Å². The fourth-order valence-electron chi connectivity index (χ4n) is 2.84. The van der Waals surface area contributed by atoms with Gasteiger partial charge >= 0.3 is 0 Å². The molecule has 118 valence electrons. The van der Waals surface area contributed by atoms with Crippen LogP contribution >= 0.6 is 11.6 Å². The summed E-state index contributed by atoms with van der Waals surface area (Å²) in [5.74, 6) is 2.84. The lowest BCUT2D eigenvalue weighted by Gasteiger charge is -2.26. The quantitative estimate of drug-likeness (QED) is 0.869. The molecular weight excluding hydrogens is 286 g/mol. The van der Waals surface area contributed by atoms with Crippen LogP contribution in [0.5, 0.6) is 0 Å². The molecule has 1 aliphatic rings. The van der Waals surface area contributed by atoms with E-state index in [4.69, 9.17) is 11.6 Å². The Morgan fingerprint density at radius 2 is 1.76 bits per heavy atom. The van der Waals surface area contributed by atoms with Crippen molar-refractivity contribution >= 4 is 23.5 Å². The topological polar surface area (TPSA) is 53.9 Å². The summed E-state index contributed by atoms with van der Waals surface area (Å²) in [5.41, 5.74) is 0. The zero-order valence-corrected chi connectivity index (χ0v) is 14.0. The Morgan fingerprint density at radius 3 is 2.38 bits per heavy atom. The van der Waals surface area contributed by atoms with Crippen molar-refractivity contribution in [3.63, 3.8) is 0 Å². The fraction of sp³-hybridized carbons (Fsp3) is 0.800. The minimum atomic E-state index is 0.256. The van der Waals surface area contributed by atoms with E-state index >= 15 is 0 Å². The van der Waals surface area contributed by atoms with Crippen LogP contribution < -0.4 is 10.2 Å². The van der Waals surface area contributed by atoms with E-state index in [0.29, 0.717) is 17.8 Å². The predicted molar refractivity (Wildman–Crippen MR) is 88.0 cm³/mol. The maximum Gasteiger partial charge on any atom is 0.231 e. The van der Waals surface area contributed by atoms with Crippen molar-refractivity contribution in [2.24, 2.45) is 11.8 Å². The van der Waals surface area contributed by atoms with Gasteiger partial charge in [0.25, 0.3) is 0 Å². The zero-order valence-electron chi connectivity index (χ0n) is 13.3. The first-order valence-electron chi connectivity index (χ1n) is 8.02. The van der Waals surface area contributed by atoms with Crippen LogP contribution in [0.25, 0.3) is 0 Å². The average Bonchev–Trinajstić information content (AvgIpc) is 2.47. The molecule has 1 heterocycles. The molecule has 0 spiro atoms. The first-order chi connectivity index (χ1) is 10.1. The lowest BCUT2D eigenvalue weighted by atomic mass is 9.83. The Bertz CT molecular complexity index is 442. The molecule has 0 aliphatic heterocycles. The van der Waals surface area contributed by atoms with Gasteiger partial charge in [0.2, 0.25) is 17.2 Å². The third-order valence-corrected chi connectivity index (χ3v) is 4.50. The van der Waals surface area contributed by atoms with Gasteiger partial charge in [-0.1, -0.05) is 19.8 Å². The smallest absolute Gasteiger partial charge is 0.231 e. The summed E-state index contributed by atoms with van der Waals surface area (Å²) >= 11 is 6.02. The molecule has 0 amide bonds. The molecule has 0 radical (unpaired) electrons. The molecule has 1 aliphatic carbocycles. The van der Waals surface area contributed by atoms with E-state index in [1.54, 1.807) is 0 Å². The van der Waals surface area contributed by atoms with Crippen molar-refractivity contribution in [3.05, 3.63) is 5.28 Å². The Balaban J connectivity index is 1.96. The molecule has 21 heavy (non-hydrogen) atoms. The van der Waals surface area contributed by atoms with Crippen molar-refractivity contribution in [3.8, 4) is 0 Å². The molecule has 1 saturated carbocycles. The van der Waals surface area contributed by atoms with Gasteiger partial charge in [-0.2, -0.15) is 15.0 Å². The lowest BCUT2D eigenvalue weighted by molar-refractivity contribution is 0.300. The maximum atomic E-state index is 6.02. The van der Waals surface area contributed by atoms with E-state index < -0.39 is 0 Å². The summed E-state index contributed by atoms with van der Waals surface area (Å²) in [4.78, 5) is 15.0. The van der Waals surface area contributed by atoms with Crippen molar-refractivity contribution < 1.29 is 0 Å². The third kappa shape index (κ3) is 4.70. The van der Waals surface area contributed by atoms with Crippen LogP contribution in [-0.4, -0.2) is 34.6 Å². The van der Waals surface area contributed by atoms with E-state index in [-0.39, 0.29) is 5.28 Å². The van der Waals surface area contributed by atoms with E-state index in [2.05, 4.69) is 45.9 Å². The molecule has 0 bridgehead atoms. The maximum absolute atomic E-state index is 6.02. The molecule has 1 aromatic heterocycles. The number of aromatic nitrogens is 3. The molecule has 0 saturated heterocycles. The minimum absolute atomic E-state index is 0.256. The summed E-state index contributed by atoms with van der Waals surface area (Å²) in [5, 5.41) is 3.60. The lowest BCUT2D eigenvalue weighted by Crippen LogP contribution is -2.26. The summed E-state index contributed by atoms with van der Waals surface area (Å²) in [6.07, 6.45) is 5.23. The van der Waals surface area contributed by atoms with Crippen LogP contribution in [-0.2, 0) is 0 Å². The third-order valence-electron chi connectivity index (χ3n) is 4.33. The van der Waals surface area contributed by atoms with Gasteiger partial charge in [0.1, 0.15) is 0 Å². The molecule has 2 rings (SSSR count). The van der Waals surface area contributed by atoms with Crippen LogP contribution in [0.15, 0.2) is 0 Å². The number of halogens is 1.